The first-order chi connectivity index (χ1) is 7.25. The van der Waals surface area contributed by atoms with E-state index < -0.39 is 5.97 Å². The molecule has 0 amide bonds. The largest absolute Gasteiger partial charge is 0.481 e. The maximum absolute atomic E-state index is 10.7. The lowest BCUT2D eigenvalue weighted by Crippen LogP contribution is -1.98. The van der Waals surface area contributed by atoms with E-state index in [9.17, 15) is 4.79 Å². The maximum atomic E-state index is 10.7. The summed E-state index contributed by atoms with van der Waals surface area (Å²) in [5.74, 6) is -0.825. The summed E-state index contributed by atoms with van der Waals surface area (Å²) in [4.78, 5) is 15.1. The van der Waals surface area contributed by atoms with Crippen LogP contribution in [0, 0.1) is 5.92 Å². The summed E-state index contributed by atoms with van der Waals surface area (Å²) < 4.78 is 1.92. The molecular formula is C11H10N2O2. The van der Waals surface area contributed by atoms with Crippen molar-refractivity contribution in [1.82, 2.24) is 9.38 Å². The quantitative estimate of drug-likeness (QED) is 0.803. The first kappa shape index (κ1) is 8.47. The molecule has 0 saturated heterocycles. The monoisotopic (exact) mass is 202 g/mol. The molecule has 1 aliphatic carbocycles. The van der Waals surface area contributed by atoms with Crippen LogP contribution in [0.3, 0.4) is 0 Å². The van der Waals surface area contributed by atoms with Crippen molar-refractivity contribution in [2.45, 2.75) is 12.3 Å². The zero-order chi connectivity index (χ0) is 10.4. The number of hydrogen-bond acceptors (Lipinski definition) is 2. The number of carboxylic acids is 1. The van der Waals surface area contributed by atoms with Gasteiger partial charge in [0.2, 0.25) is 0 Å². The van der Waals surface area contributed by atoms with Gasteiger partial charge in [-0.25, -0.2) is 4.98 Å². The number of fused-ring (bicyclic) bond motifs is 1. The molecule has 4 nitrogen and oxygen atoms in total. The van der Waals surface area contributed by atoms with Crippen LogP contribution in [0.25, 0.3) is 5.65 Å². The number of carboxylic acid groups (broad SMARTS) is 1. The third kappa shape index (κ3) is 1.29. The molecule has 15 heavy (non-hydrogen) atoms. The molecule has 4 heteroatoms. The van der Waals surface area contributed by atoms with Crippen molar-refractivity contribution in [3.05, 3.63) is 36.3 Å². The highest BCUT2D eigenvalue weighted by Crippen LogP contribution is 2.46. The van der Waals surface area contributed by atoms with E-state index in [0.717, 1.165) is 17.8 Å². The second-order valence-electron chi connectivity index (χ2n) is 3.92. The Kier molecular flexibility index (Phi) is 1.59. The van der Waals surface area contributed by atoms with Crippen LogP contribution >= 0.6 is 0 Å². The first-order valence-electron chi connectivity index (χ1n) is 4.92. The number of aromatic nitrogens is 2. The molecule has 2 aromatic rings. The normalized spacial score (nSPS) is 24.3. The molecule has 76 valence electrons. The molecule has 0 spiro atoms. The van der Waals surface area contributed by atoms with Crippen molar-refractivity contribution < 1.29 is 9.90 Å². The summed E-state index contributed by atoms with van der Waals surface area (Å²) in [5.41, 5.74) is 1.78. The Labute approximate surface area is 86.2 Å². The van der Waals surface area contributed by atoms with E-state index >= 15 is 0 Å². The lowest BCUT2D eigenvalue weighted by atomic mass is 10.2. The molecular weight excluding hydrogens is 192 g/mol. The smallest absolute Gasteiger partial charge is 0.307 e. The summed E-state index contributed by atoms with van der Waals surface area (Å²) in [6.45, 7) is 0. The Morgan fingerprint density at radius 1 is 1.53 bits per heavy atom. The second-order valence-corrected chi connectivity index (χ2v) is 3.92. The molecule has 2 atom stereocenters. The standard InChI is InChI=1S/C11H10N2O2/c14-11(15)8-5-7(8)9-6-13-4-2-1-3-10(13)12-9/h1-4,6-8H,5H2,(H,14,15)/t7-,8+/m0/s1. The van der Waals surface area contributed by atoms with Gasteiger partial charge in [-0.1, -0.05) is 6.07 Å². The van der Waals surface area contributed by atoms with Gasteiger partial charge in [-0.15, -0.1) is 0 Å². The van der Waals surface area contributed by atoms with Gasteiger partial charge in [-0.3, -0.25) is 4.79 Å². The molecule has 1 aliphatic rings. The molecule has 3 rings (SSSR count). The topological polar surface area (TPSA) is 54.6 Å². The number of carbonyl (C=O) groups is 1. The number of rotatable bonds is 2. The van der Waals surface area contributed by atoms with E-state index in [2.05, 4.69) is 4.98 Å². The summed E-state index contributed by atoms with van der Waals surface area (Å²) >= 11 is 0. The van der Waals surface area contributed by atoms with E-state index in [1.165, 1.54) is 0 Å². The predicted octanol–water partition coefficient (Wildman–Crippen LogP) is 1.52. The molecule has 0 aromatic carbocycles. The molecule has 0 aliphatic heterocycles. The Morgan fingerprint density at radius 3 is 3.07 bits per heavy atom. The van der Waals surface area contributed by atoms with E-state index in [1.807, 2.05) is 35.0 Å². The van der Waals surface area contributed by atoms with Gasteiger partial charge in [-0.05, 0) is 18.6 Å². The fourth-order valence-electron chi connectivity index (χ4n) is 1.93. The lowest BCUT2D eigenvalue weighted by molar-refractivity contribution is -0.138. The van der Waals surface area contributed by atoms with Crippen molar-refractivity contribution in [2.75, 3.05) is 0 Å². The number of hydrogen-bond donors (Lipinski definition) is 1. The van der Waals surface area contributed by atoms with E-state index in [4.69, 9.17) is 5.11 Å². The third-order valence-electron chi connectivity index (χ3n) is 2.87. The van der Waals surface area contributed by atoms with Crippen LogP contribution in [0.5, 0.6) is 0 Å². The molecule has 2 heterocycles. The van der Waals surface area contributed by atoms with Crippen molar-refractivity contribution in [1.29, 1.82) is 0 Å². The molecule has 1 saturated carbocycles. The Hall–Kier alpha value is -1.84. The van der Waals surface area contributed by atoms with Gasteiger partial charge in [0, 0.05) is 18.3 Å². The minimum atomic E-state index is -0.711. The molecule has 2 aromatic heterocycles. The van der Waals surface area contributed by atoms with Crippen LogP contribution in [0.4, 0.5) is 0 Å². The van der Waals surface area contributed by atoms with Gasteiger partial charge in [0.05, 0.1) is 11.6 Å². The maximum Gasteiger partial charge on any atom is 0.307 e. The van der Waals surface area contributed by atoms with Crippen molar-refractivity contribution in [2.24, 2.45) is 5.92 Å². The van der Waals surface area contributed by atoms with Crippen LogP contribution in [-0.2, 0) is 4.79 Å². The number of nitrogens with zero attached hydrogens (tertiary/aromatic N) is 2. The number of pyridine rings is 1. The van der Waals surface area contributed by atoms with Gasteiger partial charge >= 0.3 is 5.97 Å². The minimum Gasteiger partial charge on any atom is -0.481 e. The van der Waals surface area contributed by atoms with Crippen molar-refractivity contribution >= 4 is 11.6 Å². The summed E-state index contributed by atoms with van der Waals surface area (Å²) in [6, 6.07) is 5.77. The zero-order valence-electron chi connectivity index (χ0n) is 8.00. The van der Waals surface area contributed by atoms with Gasteiger partial charge in [0.1, 0.15) is 5.65 Å². The number of aliphatic carboxylic acids is 1. The van der Waals surface area contributed by atoms with E-state index in [1.54, 1.807) is 0 Å². The second kappa shape index (κ2) is 2.82. The summed E-state index contributed by atoms with van der Waals surface area (Å²) in [5, 5.41) is 8.83. The SMILES string of the molecule is O=C(O)[C@@H]1C[C@@H]1c1cn2ccccc2n1. The average Bonchev–Trinajstić information content (AvgIpc) is 2.91. The van der Waals surface area contributed by atoms with Gasteiger partial charge in [0.15, 0.2) is 0 Å². The molecule has 0 bridgehead atoms. The summed E-state index contributed by atoms with van der Waals surface area (Å²) in [6.07, 6.45) is 4.56. The zero-order valence-corrected chi connectivity index (χ0v) is 8.00. The summed E-state index contributed by atoms with van der Waals surface area (Å²) in [7, 11) is 0. The minimum absolute atomic E-state index is 0.113. The fraction of sp³-hybridized carbons (Fsp3) is 0.273. The van der Waals surface area contributed by atoms with Crippen molar-refractivity contribution in [3.63, 3.8) is 0 Å². The predicted molar refractivity (Wildman–Crippen MR) is 53.7 cm³/mol. The Balaban J connectivity index is 1.97. The molecule has 1 fully saturated rings. The van der Waals surface area contributed by atoms with Crippen LogP contribution < -0.4 is 0 Å². The Morgan fingerprint density at radius 2 is 2.40 bits per heavy atom. The first-order valence-corrected chi connectivity index (χ1v) is 4.92. The van der Waals surface area contributed by atoms with Crippen LogP contribution in [0.1, 0.15) is 18.0 Å². The number of imidazole rings is 1. The third-order valence-corrected chi connectivity index (χ3v) is 2.87. The van der Waals surface area contributed by atoms with E-state index in [-0.39, 0.29) is 11.8 Å². The van der Waals surface area contributed by atoms with Crippen LogP contribution in [0.2, 0.25) is 0 Å². The molecule has 1 N–H and O–H groups in total. The van der Waals surface area contributed by atoms with E-state index in [0.29, 0.717) is 0 Å². The molecule has 0 unspecified atom stereocenters. The van der Waals surface area contributed by atoms with Crippen LogP contribution in [-0.4, -0.2) is 20.5 Å². The van der Waals surface area contributed by atoms with Gasteiger partial charge in [0.25, 0.3) is 0 Å². The molecule has 0 radical (unpaired) electrons. The highest BCUT2D eigenvalue weighted by Gasteiger charge is 2.45. The lowest BCUT2D eigenvalue weighted by Gasteiger charge is -1.88. The average molecular weight is 202 g/mol. The van der Waals surface area contributed by atoms with Crippen LogP contribution in [0.15, 0.2) is 30.6 Å². The highest BCUT2D eigenvalue weighted by molar-refractivity contribution is 5.75. The van der Waals surface area contributed by atoms with Crippen molar-refractivity contribution in [3.8, 4) is 0 Å². The fourth-order valence-corrected chi connectivity index (χ4v) is 1.93. The Bertz CT molecular complexity index is 499. The van der Waals surface area contributed by atoms with Gasteiger partial charge < -0.3 is 9.51 Å². The highest BCUT2D eigenvalue weighted by atomic mass is 16.4. The van der Waals surface area contributed by atoms with Gasteiger partial charge in [-0.2, -0.15) is 0 Å².